The molecule has 0 aliphatic carbocycles. The highest BCUT2D eigenvalue weighted by Crippen LogP contribution is 2.25. The van der Waals surface area contributed by atoms with Gasteiger partial charge in [-0.3, -0.25) is 14.9 Å². The monoisotopic (exact) mass is 417 g/mol. The average molecular weight is 417 g/mol. The van der Waals surface area contributed by atoms with Crippen LogP contribution < -0.4 is 15.0 Å². The summed E-state index contributed by atoms with van der Waals surface area (Å²) in [5, 5.41) is 3.25. The molecule has 7 nitrogen and oxygen atoms in total. The minimum absolute atomic E-state index is 0.184. The molecule has 0 atom stereocenters. The largest absolute Gasteiger partial charge is 0.497 e. The van der Waals surface area contributed by atoms with Crippen LogP contribution in [0.15, 0.2) is 81.1 Å². The Bertz CT molecular complexity index is 1230. The molecule has 0 spiro atoms. The van der Waals surface area contributed by atoms with E-state index in [1.165, 1.54) is 4.68 Å². The van der Waals surface area contributed by atoms with E-state index < -0.39 is 0 Å². The van der Waals surface area contributed by atoms with E-state index in [1.54, 1.807) is 20.5 Å². The van der Waals surface area contributed by atoms with Gasteiger partial charge in [0.05, 0.1) is 44.0 Å². The van der Waals surface area contributed by atoms with Gasteiger partial charge in [0.15, 0.2) is 0 Å². The summed E-state index contributed by atoms with van der Waals surface area (Å²) >= 11 is 0. The van der Waals surface area contributed by atoms with Crippen LogP contribution in [0, 0.1) is 0 Å². The van der Waals surface area contributed by atoms with Crippen LogP contribution in [0.2, 0.25) is 0 Å². The van der Waals surface area contributed by atoms with E-state index in [9.17, 15) is 4.79 Å². The molecule has 2 heterocycles. The Morgan fingerprint density at radius 3 is 2.23 bits per heavy atom. The molecule has 0 aliphatic heterocycles. The van der Waals surface area contributed by atoms with Crippen LogP contribution in [-0.2, 0) is 6.54 Å². The van der Waals surface area contributed by atoms with Crippen LogP contribution in [0.3, 0.4) is 0 Å². The minimum atomic E-state index is -0.184. The van der Waals surface area contributed by atoms with Crippen molar-refractivity contribution in [1.82, 2.24) is 9.78 Å². The fourth-order valence-electron chi connectivity index (χ4n) is 3.33. The number of nitrogens with one attached hydrogen (secondary N) is 1. The van der Waals surface area contributed by atoms with E-state index in [-0.39, 0.29) is 5.56 Å². The van der Waals surface area contributed by atoms with Crippen molar-refractivity contribution >= 4 is 5.71 Å². The van der Waals surface area contributed by atoms with Crippen molar-refractivity contribution in [2.45, 2.75) is 13.5 Å². The lowest BCUT2D eigenvalue weighted by Gasteiger charge is -2.05. The Labute approximate surface area is 179 Å². The fraction of sp³-hybridized carbons (Fsp3) is 0.167. The number of methoxy groups -OCH3 is 2. The van der Waals surface area contributed by atoms with E-state index in [4.69, 9.17) is 13.9 Å². The highest BCUT2D eigenvalue weighted by molar-refractivity contribution is 6.03. The van der Waals surface area contributed by atoms with Crippen LogP contribution >= 0.6 is 0 Å². The lowest BCUT2D eigenvalue weighted by Crippen LogP contribution is -2.19. The number of furan rings is 1. The molecule has 7 heteroatoms. The topological polar surface area (TPSA) is 81.8 Å². The van der Waals surface area contributed by atoms with E-state index in [0.29, 0.717) is 29.2 Å². The lowest BCUT2D eigenvalue weighted by atomic mass is 10.0. The van der Waals surface area contributed by atoms with Crippen molar-refractivity contribution in [3.63, 3.8) is 0 Å². The molecule has 158 valence electrons. The van der Waals surface area contributed by atoms with Crippen LogP contribution in [-0.4, -0.2) is 29.7 Å². The van der Waals surface area contributed by atoms with Crippen molar-refractivity contribution in [2.75, 3.05) is 14.2 Å². The number of nitrogens with zero attached hydrogens (tertiary/aromatic N) is 2. The minimum Gasteiger partial charge on any atom is -0.497 e. The molecule has 0 unspecified atom stereocenters. The van der Waals surface area contributed by atoms with Gasteiger partial charge in [-0.15, -0.1) is 0 Å². The zero-order valence-corrected chi connectivity index (χ0v) is 17.6. The number of hydrogen-bond donors (Lipinski definition) is 1. The van der Waals surface area contributed by atoms with E-state index >= 15 is 0 Å². The van der Waals surface area contributed by atoms with Gasteiger partial charge in [0.1, 0.15) is 17.3 Å². The summed E-state index contributed by atoms with van der Waals surface area (Å²) in [6.45, 7) is 2.19. The molecule has 0 fully saturated rings. The molecular weight excluding hydrogens is 394 g/mol. The van der Waals surface area contributed by atoms with Crippen molar-refractivity contribution in [1.29, 1.82) is 0 Å². The third-order valence-corrected chi connectivity index (χ3v) is 5.01. The summed E-state index contributed by atoms with van der Waals surface area (Å²) in [6.07, 6.45) is 1.61. The summed E-state index contributed by atoms with van der Waals surface area (Å²) in [6, 6.07) is 18.5. The third kappa shape index (κ3) is 4.16. The molecular formula is C24H23N3O4. The number of H-pyrrole nitrogens is 1. The fourth-order valence-corrected chi connectivity index (χ4v) is 3.33. The molecule has 4 aromatic rings. The lowest BCUT2D eigenvalue weighted by molar-refractivity contribution is 0.414. The first-order valence-electron chi connectivity index (χ1n) is 9.78. The van der Waals surface area contributed by atoms with E-state index in [0.717, 1.165) is 22.8 Å². The highest BCUT2D eigenvalue weighted by atomic mass is 16.5. The summed E-state index contributed by atoms with van der Waals surface area (Å²) in [5.74, 6) is 2.19. The molecule has 1 N–H and O–H groups in total. The first kappa shape index (κ1) is 20.3. The molecule has 2 aromatic carbocycles. The highest BCUT2D eigenvalue weighted by Gasteiger charge is 2.19. The standard InChI is InChI=1S/C24H23N3O4/c1-16(25-15-21-5-4-14-31-21)22-23(17-6-10-19(29-2)11-7-17)26-27(24(22)28)18-8-12-20(30-3)13-9-18/h4-14,26H,15H2,1-3H3. The van der Waals surface area contributed by atoms with Gasteiger partial charge in [0.25, 0.3) is 5.56 Å². The number of aromatic amines is 1. The predicted molar refractivity (Wildman–Crippen MR) is 120 cm³/mol. The zero-order chi connectivity index (χ0) is 21.8. The summed E-state index contributed by atoms with van der Waals surface area (Å²) in [4.78, 5) is 18.0. The molecule has 31 heavy (non-hydrogen) atoms. The summed E-state index contributed by atoms with van der Waals surface area (Å²) in [7, 11) is 3.22. The average Bonchev–Trinajstić information content (AvgIpc) is 3.45. The smallest absolute Gasteiger partial charge is 0.280 e. The zero-order valence-electron chi connectivity index (χ0n) is 17.6. The van der Waals surface area contributed by atoms with Crippen molar-refractivity contribution in [3.05, 3.63) is 88.6 Å². The Morgan fingerprint density at radius 2 is 1.65 bits per heavy atom. The van der Waals surface area contributed by atoms with Gasteiger partial charge >= 0.3 is 0 Å². The molecule has 0 aliphatic rings. The molecule has 0 radical (unpaired) electrons. The maximum absolute atomic E-state index is 13.4. The van der Waals surface area contributed by atoms with Crippen molar-refractivity contribution in [2.24, 2.45) is 4.99 Å². The predicted octanol–water partition coefficient (Wildman–Crippen LogP) is 4.45. The summed E-state index contributed by atoms with van der Waals surface area (Å²) < 4.78 is 17.4. The van der Waals surface area contributed by atoms with Crippen LogP contribution in [0.25, 0.3) is 16.9 Å². The Hall–Kier alpha value is -4.00. The molecule has 0 saturated carbocycles. The van der Waals surface area contributed by atoms with E-state index in [2.05, 4.69) is 10.1 Å². The van der Waals surface area contributed by atoms with Gasteiger partial charge < -0.3 is 13.9 Å². The normalized spacial score (nSPS) is 11.5. The van der Waals surface area contributed by atoms with Gasteiger partial charge in [-0.25, -0.2) is 4.68 Å². The summed E-state index contributed by atoms with van der Waals surface area (Å²) in [5.41, 5.74) is 3.18. The number of rotatable bonds is 7. The number of ether oxygens (including phenoxy) is 2. The van der Waals surface area contributed by atoms with Gasteiger partial charge in [0, 0.05) is 11.3 Å². The van der Waals surface area contributed by atoms with Crippen LogP contribution in [0.1, 0.15) is 18.2 Å². The molecule has 2 aromatic heterocycles. The molecule has 0 bridgehead atoms. The second-order valence-electron chi connectivity index (χ2n) is 6.91. The first-order valence-corrected chi connectivity index (χ1v) is 9.78. The number of aromatic nitrogens is 2. The Balaban J connectivity index is 1.82. The first-order chi connectivity index (χ1) is 15.1. The number of hydrogen-bond acceptors (Lipinski definition) is 5. The van der Waals surface area contributed by atoms with E-state index in [1.807, 2.05) is 67.6 Å². The Morgan fingerprint density at radius 1 is 1.00 bits per heavy atom. The van der Waals surface area contributed by atoms with Gasteiger partial charge in [-0.2, -0.15) is 0 Å². The maximum Gasteiger partial charge on any atom is 0.280 e. The second-order valence-corrected chi connectivity index (χ2v) is 6.91. The quantitative estimate of drug-likeness (QED) is 0.451. The maximum atomic E-state index is 13.4. The van der Waals surface area contributed by atoms with Gasteiger partial charge in [-0.1, -0.05) is 0 Å². The number of benzene rings is 2. The molecule has 4 rings (SSSR count). The second kappa shape index (κ2) is 8.79. The van der Waals surface area contributed by atoms with Crippen LogP contribution in [0.5, 0.6) is 11.5 Å². The molecule has 0 saturated heterocycles. The third-order valence-electron chi connectivity index (χ3n) is 5.01. The van der Waals surface area contributed by atoms with Crippen LogP contribution in [0.4, 0.5) is 0 Å². The van der Waals surface area contributed by atoms with Gasteiger partial charge in [0.2, 0.25) is 0 Å². The van der Waals surface area contributed by atoms with Crippen molar-refractivity contribution in [3.8, 4) is 28.4 Å². The van der Waals surface area contributed by atoms with Gasteiger partial charge in [-0.05, 0) is 67.6 Å². The number of aliphatic imine (C=N–C) groups is 1. The Kier molecular flexibility index (Phi) is 5.75. The SMILES string of the molecule is COc1ccc(-c2[nH]n(-c3ccc(OC)cc3)c(=O)c2C(C)=NCc2ccco2)cc1. The molecule has 0 amide bonds. The van der Waals surface area contributed by atoms with Crippen molar-refractivity contribution < 1.29 is 13.9 Å².